The molecule has 0 bridgehead atoms. The van der Waals surface area contributed by atoms with E-state index in [9.17, 15) is 0 Å². The molecule has 0 unspecified atom stereocenters. The van der Waals surface area contributed by atoms with Crippen LogP contribution in [0.3, 0.4) is 0 Å². The predicted molar refractivity (Wildman–Crippen MR) is 83.3 cm³/mol. The summed E-state index contributed by atoms with van der Waals surface area (Å²) in [6.07, 6.45) is 3.70. The van der Waals surface area contributed by atoms with Crippen LogP contribution in [0.1, 0.15) is 40.0 Å². The average molecular weight is 355 g/mol. The maximum absolute atomic E-state index is 5.81. The molecule has 0 saturated heterocycles. The second-order valence-corrected chi connectivity index (χ2v) is 4.44. The van der Waals surface area contributed by atoms with E-state index in [2.05, 4.69) is 36.4 Å². The third kappa shape index (κ3) is 6.45. The molecular formula is C12H26IN3O. The van der Waals surface area contributed by atoms with E-state index in [0.29, 0.717) is 0 Å². The van der Waals surface area contributed by atoms with Gasteiger partial charge < -0.3 is 15.4 Å². The fourth-order valence-electron chi connectivity index (χ4n) is 1.78. The first-order chi connectivity index (χ1) is 7.70. The van der Waals surface area contributed by atoms with Crippen LogP contribution in [0.4, 0.5) is 0 Å². The Morgan fingerprint density at radius 1 is 1.24 bits per heavy atom. The highest BCUT2D eigenvalue weighted by Gasteiger charge is 2.32. The summed E-state index contributed by atoms with van der Waals surface area (Å²) in [6.45, 7) is 9.56. The number of nitrogens with zero attached hydrogens (tertiary/aromatic N) is 1. The minimum Gasteiger partial charge on any atom is -0.373 e. The number of hydrogen-bond donors (Lipinski definition) is 2. The van der Waals surface area contributed by atoms with E-state index in [-0.39, 0.29) is 29.6 Å². The number of halogens is 1. The molecule has 1 aliphatic rings. The number of ether oxygens (including phenoxy) is 1. The molecular weight excluding hydrogens is 329 g/mol. The molecule has 1 saturated carbocycles. The second kappa shape index (κ2) is 8.97. The third-order valence-electron chi connectivity index (χ3n) is 2.91. The first kappa shape index (κ1) is 17.0. The van der Waals surface area contributed by atoms with Crippen molar-refractivity contribution >= 4 is 29.9 Å². The molecule has 0 spiro atoms. The fraction of sp³-hybridized carbons (Fsp3) is 0.917. The summed E-state index contributed by atoms with van der Waals surface area (Å²) in [5.74, 6) is 0.882. The van der Waals surface area contributed by atoms with E-state index in [0.717, 1.165) is 32.2 Å². The lowest BCUT2D eigenvalue weighted by molar-refractivity contribution is -0.0818. The monoisotopic (exact) mass is 355 g/mol. The number of guanidine groups is 1. The van der Waals surface area contributed by atoms with Crippen molar-refractivity contribution in [3.05, 3.63) is 0 Å². The van der Waals surface area contributed by atoms with Gasteiger partial charge in [-0.2, -0.15) is 0 Å². The molecule has 0 radical (unpaired) electrons. The van der Waals surface area contributed by atoms with Crippen LogP contribution in [0.25, 0.3) is 0 Å². The van der Waals surface area contributed by atoms with Crippen molar-refractivity contribution in [2.45, 2.75) is 45.6 Å². The van der Waals surface area contributed by atoms with Gasteiger partial charge in [-0.1, -0.05) is 0 Å². The normalized spacial score (nSPS) is 16.4. The maximum atomic E-state index is 5.81. The summed E-state index contributed by atoms with van der Waals surface area (Å²) in [4.78, 5) is 4.43. The topological polar surface area (TPSA) is 45.7 Å². The minimum absolute atomic E-state index is 0. The standard InChI is InChI=1S/C12H25N3O.HI/c1-4-13-11(14-5-2)15-9-10-16-12(3)7-6-8-12;/h4-10H2,1-3H3,(H2,13,14,15);1H. The molecule has 0 atom stereocenters. The highest BCUT2D eigenvalue weighted by atomic mass is 127. The Balaban J connectivity index is 0.00000256. The van der Waals surface area contributed by atoms with Crippen molar-refractivity contribution in [2.24, 2.45) is 4.99 Å². The van der Waals surface area contributed by atoms with Gasteiger partial charge in [0.25, 0.3) is 0 Å². The summed E-state index contributed by atoms with van der Waals surface area (Å²) >= 11 is 0. The first-order valence-electron chi connectivity index (χ1n) is 6.36. The zero-order valence-corrected chi connectivity index (χ0v) is 13.5. The lowest BCUT2D eigenvalue weighted by Crippen LogP contribution is -2.39. The Kier molecular flexibility index (Phi) is 8.94. The van der Waals surface area contributed by atoms with Crippen molar-refractivity contribution in [1.82, 2.24) is 10.6 Å². The lowest BCUT2D eigenvalue weighted by atomic mass is 9.82. The van der Waals surface area contributed by atoms with Crippen molar-refractivity contribution in [2.75, 3.05) is 26.2 Å². The lowest BCUT2D eigenvalue weighted by Gasteiger charge is -2.38. The highest BCUT2D eigenvalue weighted by molar-refractivity contribution is 14.0. The van der Waals surface area contributed by atoms with Gasteiger partial charge in [0.15, 0.2) is 5.96 Å². The third-order valence-corrected chi connectivity index (χ3v) is 2.91. The van der Waals surface area contributed by atoms with Crippen molar-refractivity contribution in [3.8, 4) is 0 Å². The van der Waals surface area contributed by atoms with Crippen molar-refractivity contribution in [3.63, 3.8) is 0 Å². The molecule has 0 aliphatic heterocycles. The van der Waals surface area contributed by atoms with Gasteiger partial charge in [-0.3, -0.25) is 4.99 Å². The van der Waals surface area contributed by atoms with Gasteiger partial charge in [-0.15, -0.1) is 24.0 Å². The molecule has 1 aliphatic carbocycles. The van der Waals surface area contributed by atoms with Crippen molar-refractivity contribution in [1.29, 1.82) is 0 Å². The van der Waals surface area contributed by atoms with Gasteiger partial charge in [-0.05, 0) is 40.0 Å². The first-order valence-corrected chi connectivity index (χ1v) is 6.36. The highest BCUT2D eigenvalue weighted by Crippen LogP contribution is 2.34. The van der Waals surface area contributed by atoms with Crippen LogP contribution in [0.5, 0.6) is 0 Å². The number of rotatable bonds is 6. The summed E-state index contributed by atoms with van der Waals surface area (Å²) in [7, 11) is 0. The molecule has 1 fully saturated rings. The zero-order chi connectivity index (χ0) is 11.9. The Morgan fingerprint density at radius 3 is 2.24 bits per heavy atom. The Labute approximate surface area is 122 Å². The molecule has 0 aromatic carbocycles. The molecule has 0 amide bonds. The quantitative estimate of drug-likeness (QED) is 0.332. The number of aliphatic imine (C=N–C) groups is 1. The SMILES string of the molecule is CCNC(=NCCOC1(C)CCC1)NCC.I. The number of hydrogen-bond acceptors (Lipinski definition) is 2. The van der Waals surface area contributed by atoms with Crippen LogP contribution in [-0.4, -0.2) is 37.8 Å². The summed E-state index contributed by atoms with van der Waals surface area (Å²) < 4.78 is 5.81. The summed E-state index contributed by atoms with van der Waals surface area (Å²) in [5, 5.41) is 6.38. The minimum atomic E-state index is 0. The molecule has 0 aromatic rings. The van der Waals surface area contributed by atoms with Crippen LogP contribution in [-0.2, 0) is 4.74 Å². The van der Waals surface area contributed by atoms with Crippen LogP contribution >= 0.6 is 24.0 Å². The van der Waals surface area contributed by atoms with E-state index in [1.54, 1.807) is 0 Å². The van der Waals surface area contributed by atoms with Crippen molar-refractivity contribution < 1.29 is 4.74 Å². The van der Waals surface area contributed by atoms with E-state index < -0.39 is 0 Å². The van der Waals surface area contributed by atoms with Crippen LogP contribution in [0.15, 0.2) is 4.99 Å². The maximum Gasteiger partial charge on any atom is 0.191 e. The molecule has 17 heavy (non-hydrogen) atoms. The van der Waals surface area contributed by atoms with Crippen LogP contribution < -0.4 is 10.6 Å². The van der Waals surface area contributed by atoms with E-state index >= 15 is 0 Å². The Morgan fingerprint density at radius 2 is 1.82 bits per heavy atom. The molecule has 0 aromatic heterocycles. The average Bonchev–Trinajstić information content (AvgIpc) is 2.22. The van der Waals surface area contributed by atoms with Crippen LogP contribution in [0.2, 0.25) is 0 Å². The fourth-order valence-corrected chi connectivity index (χ4v) is 1.78. The second-order valence-electron chi connectivity index (χ2n) is 4.44. The summed E-state index contributed by atoms with van der Waals surface area (Å²) in [5.41, 5.74) is 0.145. The van der Waals surface area contributed by atoms with Gasteiger partial charge in [-0.25, -0.2) is 0 Å². The summed E-state index contributed by atoms with van der Waals surface area (Å²) in [6, 6.07) is 0. The van der Waals surface area contributed by atoms with E-state index in [4.69, 9.17) is 4.74 Å². The van der Waals surface area contributed by atoms with E-state index in [1.807, 2.05) is 0 Å². The molecule has 5 heteroatoms. The molecule has 2 N–H and O–H groups in total. The Hall–Kier alpha value is -0.0400. The van der Waals surface area contributed by atoms with Gasteiger partial charge in [0.2, 0.25) is 0 Å². The molecule has 0 heterocycles. The molecule has 4 nitrogen and oxygen atoms in total. The largest absolute Gasteiger partial charge is 0.373 e. The Bertz CT molecular complexity index is 222. The van der Waals surface area contributed by atoms with Gasteiger partial charge in [0.1, 0.15) is 0 Å². The van der Waals surface area contributed by atoms with E-state index in [1.165, 1.54) is 19.3 Å². The zero-order valence-electron chi connectivity index (χ0n) is 11.2. The molecule has 102 valence electrons. The number of nitrogens with one attached hydrogen (secondary N) is 2. The van der Waals surface area contributed by atoms with Gasteiger partial charge >= 0.3 is 0 Å². The predicted octanol–water partition coefficient (Wildman–Crippen LogP) is 2.14. The molecule has 1 rings (SSSR count). The van der Waals surface area contributed by atoms with Gasteiger partial charge in [0, 0.05) is 13.1 Å². The van der Waals surface area contributed by atoms with Gasteiger partial charge in [0.05, 0.1) is 18.8 Å². The van der Waals surface area contributed by atoms with Crippen LogP contribution in [0, 0.1) is 0 Å². The smallest absolute Gasteiger partial charge is 0.191 e.